The second kappa shape index (κ2) is 5.61. The largest absolute Gasteiger partial charge is 0.341 e. The summed E-state index contributed by atoms with van der Waals surface area (Å²) in [6.45, 7) is 2.24. The third-order valence-corrected chi connectivity index (χ3v) is 3.44. The monoisotopic (exact) mass is 287 g/mol. The third kappa shape index (κ3) is 2.92. The molecule has 3 rings (SSSR count). The maximum atomic E-state index is 13.7. The van der Waals surface area contributed by atoms with Crippen molar-refractivity contribution in [3.63, 3.8) is 0 Å². The average Bonchev–Trinajstić information content (AvgIpc) is 2.90. The molecule has 5 heteroatoms. The van der Waals surface area contributed by atoms with E-state index >= 15 is 0 Å². The fourth-order valence-electron chi connectivity index (χ4n) is 2.30. The fraction of sp³-hybridized carbons (Fsp3) is 0.188. The standard InChI is InChI=1S/C16H15F2N3/c1-10(12-8-11(17)6-7-13(12)18)19-9-16-20-14-4-2-3-5-15(14)21-16/h2-8,10,19H,9H2,1H3,(H,20,21). The summed E-state index contributed by atoms with van der Waals surface area (Å²) in [5.74, 6) is -0.0929. The van der Waals surface area contributed by atoms with Gasteiger partial charge in [-0.05, 0) is 37.3 Å². The second-order valence-corrected chi connectivity index (χ2v) is 4.97. The van der Waals surface area contributed by atoms with Gasteiger partial charge in [0.2, 0.25) is 0 Å². The van der Waals surface area contributed by atoms with Crippen LogP contribution < -0.4 is 5.32 Å². The predicted octanol–water partition coefficient (Wildman–Crippen LogP) is 3.69. The summed E-state index contributed by atoms with van der Waals surface area (Å²) in [5.41, 5.74) is 2.16. The van der Waals surface area contributed by atoms with Gasteiger partial charge < -0.3 is 10.3 Å². The van der Waals surface area contributed by atoms with Crippen molar-refractivity contribution < 1.29 is 8.78 Å². The van der Waals surface area contributed by atoms with Gasteiger partial charge >= 0.3 is 0 Å². The Morgan fingerprint density at radius 2 is 2.00 bits per heavy atom. The van der Waals surface area contributed by atoms with Gasteiger partial charge in [0.05, 0.1) is 17.6 Å². The van der Waals surface area contributed by atoms with Gasteiger partial charge in [0, 0.05) is 11.6 Å². The number of nitrogens with one attached hydrogen (secondary N) is 2. The Bertz CT molecular complexity index is 734. The molecule has 1 heterocycles. The van der Waals surface area contributed by atoms with Gasteiger partial charge in [-0.1, -0.05) is 12.1 Å². The number of hydrogen-bond donors (Lipinski definition) is 2. The van der Waals surface area contributed by atoms with Gasteiger partial charge in [-0.2, -0.15) is 0 Å². The quantitative estimate of drug-likeness (QED) is 0.768. The number of aromatic amines is 1. The molecule has 0 saturated heterocycles. The number of hydrogen-bond acceptors (Lipinski definition) is 2. The Morgan fingerprint density at radius 3 is 2.81 bits per heavy atom. The van der Waals surface area contributed by atoms with Gasteiger partial charge in [0.15, 0.2) is 0 Å². The zero-order valence-electron chi connectivity index (χ0n) is 11.5. The highest BCUT2D eigenvalue weighted by Gasteiger charge is 2.12. The SMILES string of the molecule is CC(NCc1nc2ccccc2[nH]1)c1cc(F)ccc1F. The van der Waals surface area contributed by atoms with E-state index in [0.29, 0.717) is 12.1 Å². The molecule has 0 bridgehead atoms. The molecule has 1 unspecified atom stereocenters. The summed E-state index contributed by atoms with van der Waals surface area (Å²) in [6.07, 6.45) is 0. The van der Waals surface area contributed by atoms with E-state index in [1.165, 1.54) is 6.07 Å². The molecule has 21 heavy (non-hydrogen) atoms. The summed E-state index contributed by atoms with van der Waals surface area (Å²) in [7, 11) is 0. The lowest BCUT2D eigenvalue weighted by Gasteiger charge is -2.14. The number of imidazole rings is 1. The van der Waals surface area contributed by atoms with Gasteiger partial charge in [-0.3, -0.25) is 0 Å². The zero-order valence-corrected chi connectivity index (χ0v) is 11.5. The Balaban J connectivity index is 1.73. The summed E-state index contributed by atoms with van der Waals surface area (Å²) in [4.78, 5) is 7.62. The van der Waals surface area contributed by atoms with Crippen molar-refractivity contribution in [1.82, 2.24) is 15.3 Å². The minimum absolute atomic E-state index is 0.311. The average molecular weight is 287 g/mol. The van der Waals surface area contributed by atoms with Crippen molar-refractivity contribution in [1.29, 1.82) is 0 Å². The molecular weight excluding hydrogens is 272 g/mol. The summed E-state index contributed by atoms with van der Waals surface area (Å²) < 4.78 is 26.9. The first-order chi connectivity index (χ1) is 10.1. The van der Waals surface area contributed by atoms with Crippen LogP contribution in [0.4, 0.5) is 8.78 Å². The molecule has 0 aliphatic rings. The second-order valence-electron chi connectivity index (χ2n) is 4.97. The Hall–Kier alpha value is -2.27. The highest BCUT2D eigenvalue weighted by Crippen LogP contribution is 2.18. The molecule has 0 saturated carbocycles. The molecule has 0 aliphatic carbocycles. The normalized spacial score (nSPS) is 12.7. The molecule has 0 spiro atoms. The number of rotatable bonds is 4. The summed E-state index contributed by atoms with van der Waals surface area (Å²) in [6, 6.07) is 10.9. The fourth-order valence-corrected chi connectivity index (χ4v) is 2.30. The number of benzene rings is 2. The van der Waals surface area contributed by atoms with Gasteiger partial charge in [0.1, 0.15) is 17.5 Å². The van der Waals surface area contributed by atoms with Crippen LogP contribution >= 0.6 is 0 Å². The van der Waals surface area contributed by atoms with Crippen LogP contribution in [0.1, 0.15) is 24.4 Å². The number of halogens is 2. The molecule has 3 aromatic rings. The first-order valence-electron chi connectivity index (χ1n) is 6.75. The number of H-pyrrole nitrogens is 1. The molecule has 0 fully saturated rings. The van der Waals surface area contributed by atoms with E-state index in [1.807, 2.05) is 24.3 Å². The summed E-state index contributed by atoms with van der Waals surface area (Å²) >= 11 is 0. The molecule has 0 amide bonds. The van der Waals surface area contributed by atoms with Crippen LogP contribution in [0.3, 0.4) is 0 Å². The Labute approximate surface area is 121 Å². The lowest BCUT2D eigenvalue weighted by molar-refractivity contribution is 0.513. The van der Waals surface area contributed by atoms with Crippen LogP contribution in [0.5, 0.6) is 0 Å². The smallest absolute Gasteiger partial charge is 0.128 e. The molecule has 3 nitrogen and oxygen atoms in total. The third-order valence-electron chi connectivity index (χ3n) is 3.44. The van der Waals surface area contributed by atoms with E-state index in [4.69, 9.17) is 0 Å². The van der Waals surface area contributed by atoms with Crippen molar-refractivity contribution >= 4 is 11.0 Å². The lowest BCUT2D eigenvalue weighted by atomic mass is 10.1. The maximum absolute atomic E-state index is 13.7. The van der Waals surface area contributed by atoms with E-state index in [-0.39, 0.29) is 6.04 Å². The maximum Gasteiger partial charge on any atom is 0.128 e. The van der Waals surface area contributed by atoms with Crippen LogP contribution in [0.15, 0.2) is 42.5 Å². The van der Waals surface area contributed by atoms with Crippen LogP contribution in [0.25, 0.3) is 11.0 Å². The minimum Gasteiger partial charge on any atom is -0.341 e. The highest BCUT2D eigenvalue weighted by atomic mass is 19.1. The molecule has 0 aliphatic heterocycles. The van der Waals surface area contributed by atoms with Crippen molar-refractivity contribution in [3.05, 3.63) is 65.5 Å². The first-order valence-corrected chi connectivity index (χ1v) is 6.75. The van der Waals surface area contributed by atoms with E-state index in [2.05, 4.69) is 15.3 Å². The molecular formula is C16H15F2N3. The van der Waals surface area contributed by atoms with E-state index < -0.39 is 11.6 Å². The van der Waals surface area contributed by atoms with Crippen molar-refractivity contribution in [2.24, 2.45) is 0 Å². The lowest BCUT2D eigenvalue weighted by Crippen LogP contribution is -2.20. The van der Waals surface area contributed by atoms with E-state index in [0.717, 1.165) is 29.0 Å². The molecule has 108 valence electrons. The van der Waals surface area contributed by atoms with Crippen molar-refractivity contribution in [3.8, 4) is 0 Å². The van der Waals surface area contributed by atoms with Gasteiger partial charge in [0.25, 0.3) is 0 Å². The molecule has 0 radical (unpaired) electrons. The molecule has 1 atom stereocenters. The predicted molar refractivity (Wildman–Crippen MR) is 77.7 cm³/mol. The van der Waals surface area contributed by atoms with E-state index in [1.54, 1.807) is 6.92 Å². The van der Waals surface area contributed by atoms with Gasteiger partial charge in [-0.15, -0.1) is 0 Å². The van der Waals surface area contributed by atoms with E-state index in [9.17, 15) is 8.78 Å². The van der Waals surface area contributed by atoms with Crippen molar-refractivity contribution in [2.45, 2.75) is 19.5 Å². The molecule has 1 aromatic heterocycles. The number of aromatic nitrogens is 2. The van der Waals surface area contributed by atoms with Gasteiger partial charge in [-0.25, -0.2) is 13.8 Å². The van der Waals surface area contributed by atoms with Crippen LogP contribution in [0, 0.1) is 11.6 Å². The Kier molecular flexibility index (Phi) is 3.66. The number of para-hydroxylation sites is 2. The topological polar surface area (TPSA) is 40.7 Å². The van der Waals surface area contributed by atoms with Crippen LogP contribution in [0.2, 0.25) is 0 Å². The Morgan fingerprint density at radius 1 is 1.19 bits per heavy atom. The number of nitrogens with zero attached hydrogens (tertiary/aromatic N) is 1. The number of fused-ring (bicyclic) bond motifs is 1. The van der Waals surface area contributed by atoms with Crippen molar-refractivity contribution in [2.75, 3.05) is 0 Å². The highest BCUT2D eigenvalue weighted by molar-refractivity contribution is 5.74. The van der Waals surface area contributed by atoms with Crippen LogP contribution in [-0.4, -0.2) is 9.97 Å². The molecule has 2 N–H and O–H groups in total. The molecule has 2 aromatic carbocycles. The summed E-state index contributed by atoms with van der Waals surface area (Å²) in [5, 5.41) is 3.14. The zero-order chi connectivity index (χ0) is 14.8. The first kappa shape index (κ1) is 13.7. The minimum atomic E-state index is -0.441. The van der Waals surface area contributed by atoms with Crippen LogP contribution in [-0.2, 0) is 6.54 Å².